The highest BCUT2D eigenvalue weighted by Gasteiger charge is 2.32. The van der Waals surface area contributed by atoms with Crippen LogP contribution >= 0.6 is 0 Å². The number of carbonyl (C=O) groups excluding carboxylic acids is 3. The van der Waals surface area contributed by atoms with Crippen LogP contribution in [-0.4, -0.2) is 66.6 Å². The molecule has 2 amide bonds. The predicted molar refractivity (Wildman–Crippen MR) is 102 cm³/mol. The van der Waals surface area contributed by atoms with Gasteiger partial charge in [0.05, 0.1) is 19.8 Å². The van der Waals surface area contributed by atoms with Crippen molar-refractivity contribution in [2.45, 2.75) is 53.1 Å². The molecule has 27 heavy (non-hydrogen) atoms. The third kappa shape index (κ3) is 5.56. The lowest BCUT2D eigenvalue weighted by Gasteiger charge is -2.32. The zero-order valence-electron chi connectivity index (χ0n) is 17.5. The molecule has 0 fully saturated rings. The Balaban J connectivity index is 3.20. The summed E-state index contributed by atoms with van der Waals surface area (Å²) >= 11 is 0. The van der Waals surface area contributed by atoms with Crippen LogP contribution in [0.3, 0.4) is 0 Å². The van der Waals surface area contributed by atoms with E-state index in [-0.39, 0.29) is 24.1 Å². The second-order valence-corrected chi connectivity index (χ2v) is 7.52. The van der Waals surface area contributed by atoms with Gasteiger partial charge in [-0.25, -0.2) is 9.59 Å². The second kappa shape index (κ2) is 9.03. The molecule has 0 unspecified atom stereocenters. The summed E-state index contributed by atoms with van der Waals surface area (Å²) in [5, 5.41) is 2.87. The van der Waals surface area contributed by atoms with Gasteiger partial charge in [-0.2, -0.15) is 0 Å². The summed E-state index contributed by atoms with van der Waals surface area (Å²) in [7, 11) is 2.82. The van der Waals surface area contributed by atoms with Crippen molar-refractivity contribution in [2.75, 3.05) is 27.4 Å². The van der Waals surface area contributed by atoms with E-state index >= 15 is 0 Å². The maximum absolute atomic E-state index is 13.2. The number of nitrogens with zero attached hydrogens (tertiary/aromatic N) is 1. The molecule has 0 saturated carbocycles. The van der Waals surface area contributed by atoms with E-state index in [1.54, 1.807) is 20.8 Å². The van der Waals surface area contributed by atoms with E-state index in [9.17, 15) is 14.4 Å². The van der Waals surface area contributed by atoms with Crippen molar-refractivity contribution in [3.63, 3.8) is 0 Å². The number of methoxy groups -OCH3 is 2. The fourth-order valence-electron chi connectivity index (χ4n) is 2.83. The average Bonchev–Trinajstić information content (AvgIpc) is 2.86. The van der Waals surface area contributed by atoms with Crippen LogP contribution < -0.4 is 5.32 Å². The predicted octanol–water partition coefficient (Wildman–Crippen LogP) is 2.45. The number of hydrogen-bond acceptors (Lipinski definition) is 5. The number of aromatic nitrogens is 1. The number of rotatable bonds is 7. The number of Topliss-reactive ketones (excluding diaryl/α,β-unsaturated/α-hetero) is 1. The molecule has 0 saturated heterocycles. The molecular weight excluding hydrogens is 350 g/mol. The van der Waals surface area contributed by atoms with E-state index in [2.05, 4.69) is 10.3 Å². The maximum Gasteiger partial charge on any atom is 0.354 e. The zero-order chi connectivity index (χ0) is 20.9. The molecule has 0 aliphatic heterocycles. The minimum absolute atomic E-state index is 0.244. The normalized spacial score (nSPS) is 12.4. The number of ether oxygens (including phenoxy) is 2. The fourth-order valence-corrected chi connectivity index (χ4v) is 2.83. The summed E-state index contributed by atoms with van der Waals surface area (Å²) in [6.07, 6.45) is 0. The summed E-state index contributed by atoms with van der Waals surface area (Å²) in [6.45, 7) is 11.2. The van der Waals surface area contributed by atoms with Crippen LogP contribution in [0.4, 0.5) is 4.79 Å². The van der Waals surface area contributed by atoms with E-state index in [1.165, 1.54) is 19.1 Å². The minimum atomic E-state index is -0.735. The molecule has 0 aromatic carbocycles. The van der Waals surface area contributed by atoms with Crippen molar-refractivity contribution in [1.82, 2.24) is 15.2 Å². The quantitative estimate of drug-likeness (QED) is 0.558. The van der Waals surface area contributed by atoms with Crippen molar-refractivity contribution in [2.24, 2.45) is 0 Å². The fraction of sp³-hybridized carbons (Fsp3) is 0.632. The van der Waals surface area contributed by atoms with Gasteiger partial charge in [-0.15, -0.1) is 0 Å². The molecule has 8 nitrogen and oxygen atoms in total. The molecule has 0 aliphatic carbocycles. The van der Waals surface area contributed by atoms with E-state index in [0.29, 0.717) is 23.4 Å². The summed E-state index contributed by atoms with van der Waals surface area (Å²) in [4.78, 5) is 42.1. The Morgan fingerprint density at radius 2 is 1.78 bits per heavy atom. The van der Waals surface area contributed by atoms with Crippen LogP contribution in [0.15, 0.2) is 0 Å². The van der Waals surface area contributed by atoms with Crippen molar-refractivity contribution >= 4 is 17.8 Å². The van der Waals surface area contributed by atoms with Crippen LogP contribution in [0.5, 0.6) is 0 Å². The van der Waals surface area contributed by atoms with Crippen molar-refractivity contribution in [1.29, 1.82) is 0 Å². The maximum atomic E-state index is 13.2. The molecule has 1 aromatic heterocycles. The Hall–Kier alpha value is -2.35. The third-order valence-electron chi connectivity index (χ3n) is 4.20. The van der Waals surface area contributed by atoms with E-state index in [1.807, 2.05) is 20.8 Å². The summed E-state index contributed by atoms with van der Waals surface area (Å²) < 4.78 is 9.83. The molecule has 0 spiro atoms. The number of amides is 2. The van der Waals surface area contributed by atoms with Gasteiger partial charge >= 0.3 is 12.0 Å². The van der Waals surface area contributed by atoms with E-state index in [0.717, 1.165) is 0 Å². The van der Waals surface area contributed by atoms with Gasteiger partial charge < -0.3 is 24.7 Å². The molecule has 152 valence electrons. The van der Waals surface area contributed by atoms with Gasteiger partial charge in [-0.3, -0.25) is 4.79 Å². The summed E-state index contributed by atoms with van der Waals surface area (Å²) in [5.74, 6) is -0.791. The van der Waals surface area contributed by atoms with Gasteiger partial charge in [0.1, 0.15) is 5.69 Å². The van der Waals surface area contributed by atoms with Crippen LogP contribution in [-0.2, 0) is 9.47 Å². The highest BCUT2D eigenvalue weighted by Crippen LogP contribution is 2.22. The number of aryl methyl sites for hydroxylation is 1. The van der Waals surface area contributed by atoms with Crippen molar-refractivity contribution < 1.29 is 23.9 Å². The Morgan fingerprint density at radius 1 is 1.19 bits per heavy atom. The number of hydrogen-bond donors (Lipinski definition) is 2. The molecular formula is C19H31N3O5. The molecule has 0 radical (unpaired) electrons. The minimum Gasteiger partial charge on any atom is -0.464 e. The zero-order valence-corrected chi connectivity index (χ0v) is 17.5. The number of urea groups is 1. The standard InChI is InChI=1S/C19H31N3O5/c1-11-14(12(2)20-15(11)17(24)27-8)16(23)13(3)22(9-10-26-7)18(25)21-19(4,5)6/h13,20H,9-10H2,1-8H3,(H,21,25)/t13-/m0/s1. The largest absolute Gasteiger partial charge is 0.464 e. The van der Waals surface area contributed by atoms with Gasteiger partial charge in [0, 0.05) is 30.5 Å². The number of carbonyl (C=O) groups is 3. The van der Waals surface area contributed by atoms with Gasteiger partial charge in [-0.1, -0.05) is 0 Å². The van der Waals surface area contributed by atoms with Crippen molar-refractivity contribution in [3.8, 4) is 0 Å². The lowest BCUT2D eigenvalue weighted by atomic mass is 10.00. The SMILES string of the molecule is COCCN(C(=O)NC(C)(C)C)[C@@H](C)C(=O)c1c(C)[nH]c(C(=O)OC)c1C. The highest BCUT2D eigenvalue weighted by molar-refractivity contribution is 6.06. The smallest absolute Gasteiger partial charge is 0.354 e. The van der Waals surface area contributed by atoms with E-state index < -0.39 is 17.6 Å². The van der Waals surface area contributed by atoms with Crippen LogP contribution in [0.25, 0.3) is 0 Å². The van der Waals surface area contributed by atoms with Crippen molar-refractivity contribution in [3.05, 3.63) is 22.5 Å². The summed E-state index contributed by atoms with van der Waals surface area (Å²) in [5.41, 5.74) is 1.28. The summed E-state index contributed by atoms with van der Waals surface area (Å²) in [6, 6.07) is -1.08. The Kier molecular flexibility index (Phi) is 7.59. The molecule has 0 bridgehead atoms. The lowest BCUT2D eigenvalue weighted by Crippen LogP contribution is -2.54. The number of nitrogens with one attached hydrogen (secondary N) is 2. The van der Waals surface area contributed by atoms with Gasteiger partial charge in [0.15, 0.2) is 5.78 Å². The molecule has 1 atom stereocenters. The molecule has 2 N–H and O–H groups in total. The lowest BCUT2D eigenvalue weighted by molar-refractivity contribution is 0.0593. The van der Waals surface area contributed by atoms with E-state index in [4.69, 9.17) is 9.47 Å². The van der Waals surface area contributed by atoms with Crippen LogP contribution in [0.2, 0.25) is 0 Å². The first-order valence-electron chi connectivity index (χ1n) is 8.84. The number of esters is 1. The monoisotopic (exact) mass is 381 g/mol. The number of H-pyrrole nitrogens is 1. The second-order valence-electron chi connectivity index (χ2n) is 7.52. The van der Waals surface area contributed by atoms with Gasteiger partial charge in [-0.05, 0) is 47.1 Å². The highest BCUT2D eigenvalue weighted by atomic mass is 16.5. The van der Waals surface area contributed by atoms with Gasteiger partial charge in [0.2, 0.25) is 0 Å². The molecule has 1 heterocycles. The molecule has 1 aromatic rings. The molecule has 8 heteroatoms. The Labute approximate surface area is 160 Å². The number of ketones is 1. The third-order valence-corrected chi connectivity index (χ3v) is 4.20. The Bertz CT molecular complexity index is 703. The van der Waals surface area contributed by atoms with Gasteiger partial charge in [0.25, 0.3) is 0 Å². The molecule has 1 rings (SSSR count). The van der Waals surface area contributed by atoms with Crippen LogP contribution in [0.1, 0.15) is 59.8 Å². The molecule has 0 aliphatic rings. The van der Waals surface area contributed by atoms with Crippen LogP contribution in [0, 0.1) is 13.8 Å². The number of aromatic amines is 1. The average molecular weight is 381 g/mol. The Morgan fingerprint density at radius 3 is 2.26 bits per heavy atom. The first-order valence-corrected chi connectivity index (χ1v) is 8.84. The first kappa shape index (κ1) is 22.7. The topological polar surface area (TPSA) is 101 Å². The first-order chi connectivity index (χ1) is 12.4.